The number of fused-ring (bicyclic) bond motifs is 3. The van der Waals surface area contributed by atoms with E-state index >= 15 is 0 Å². The molecule has 3 rings (SSSR count). The zero-order chi connectivity index (χ0) is 47.3. The predicted molar refractivity (Wildman–Crippen MR) is 246 cm³/mol. The summed E-state index contributed by atoms with van der Waals surface area (Å²) < 4.78 is 22.1. The largest absolute Gasteiger partial charge is 0.449 e. The van der Waals surface area contributed by atoms with Gasteiger partial charge in [0.25, 0.3) is 0 Å². The molecule has 0 spiro atoms. The van der Waals surface area contributed by atoms with Gasteiger partial charge in [-0.3, -0.25) is 9.59 Å². The fourth-order valence-corrected chi connectivity index (χ4v) is 6.84. The first-order valence-electron chi connectivity index (χ1n) is 22.7. The molecule has 0 heterocycles. The van der Waals surface area contributed by atoms with E-state index in [1.165, 1.54) is 11.1 Å². The van der Waals surface area contributed by atoms with E-state index in [1.807, 2.05) is 24.3 Å². The van der Waals surface area contributed by atoms with Crippen LogP contribution in [0.25, 0.3) is 11.1 Å². The monoisotopic (exact) mass is 895 g/mol. The molecular weight excluding hydrogens is 821 g/mol. The van der Waals surface area contributed by atoms with Crippen molar-refractivity contribution in [2.45, 2.75) is 136 Å². The average Bonchev–Trinajstić information content (AvgIpc) is 3.51. The second kappa shape index (κ2) is 25.7. The molecule has 64 heavy (non-hydrogen) atoms. The predicted octanol–water partition coefficient (Wildman–Crippen LogP) is 7.88. The van der Waals surface area contributed by atoms with Crippen molar-refractivity contribution in [1.29, 1.82) is 0 Å². The molecule has 0 fully saturated rings. The molecule has 0 bridgehead atoms. The summed E-state index contributed by atoms with van der Waals surface area (Å²) in [6, 6.07) is 16.3. The van der Waals surface area contributed by atoms with Crippen LogP contribution in [0, 0.1) is 0 Å². The Morgan fingerprint density at radius 2 is 0.859 bits per heavy atom. The maximum atomic E-state index is 13.1. The molecule has 356 valence electrons. The zero-order valence-electron chi connectivity index (χ0n) is 39.7. The van der Waals surface area contributed by atoms with E-state index in [4.69, 9.17) is 18.9 Å². The van der Waals surface area contributed by atoms with E-state index in [9.17, 15) is 28.8 Å². The summed E-state index contributed by atoms with van der Waals surface area (Å²) in [4.78, 5) is 78.7. The van der Waals surface area contributed by atoms with Gasteiger partial charge in [-0.15, -0.1) is 0 Å². The van der Waals surface area contributed by atoms with Crippen LogP contribution in [0.2, 0.25) is 0 Å². The van der Waals surface area contributed by atoms with Gasteiger partial charge in [-0.1, -0.05) is 48.5 Å². The minimum absolute atomic E-state index is 0.00897. The second-order valence-electron chi connectivity index (χ2n) is 18.9. The van der Waals surface area contributed by atoms with Crippen molar-refractivity contribution < 1.29 is 47.7 Å². The fraction of sp³-hybridized carbons (Fsp3) is 0.625. The highest BCUT2D eigenvalue weighted by molar-refractivity contribution is 5.83. The molecule has 2 aromatic rings. The molecule has 1 aliphatic carbocycles. The standard InChI is InChI=1S/C48H74N6O10/c1-46(2,3)62-43(58)52-29-19-33-54(45(60)64-48(7,8)9)31-17-16-30-53(44(59)63-47(4,5)6)32-18-28-50-41(56)25-24-40(55)49-26-14-15-27-51-42(57)61-34-39-37-22-12-10-20-35(37)36-21-11-13-23-38(36)39/h10-13,20-23,39H,14-19,24-34H2,1-9H3,(H,49,55)(H,50,56)(H,51,57)(H,52,58). The maximum absolute atomic E-state index is 13.1. The fourth-order valence-electron chi connectivity index (χ4n) is 6.84. The zero-order valence-corrected chi connectivity index (χ0v) is 39.7. The number of hydrogen-bond acceptors (Lipinski definition) is 10. The van der Waals surface area contributed by atoms with Crippen molar-refractivity contribution in [1.82, 2.24) is 31.1 Å². The number of amides is 6. The van der Waals surface area contributed by atoms with Crippen LogP contribution in [0.5, 0.6) is 0 Å². The van der Waals surface area contributed by atoms with Gasteiger partial charge in [0.2, 0.25) is 11.8 Å². The summed E-state index contributed by atoms with van der Waals surface area (Å²) in [6.45, 7) is 19.3. The Morgan fingerprint density at radius 1 is 0.484 bits per heavy atom. The first-order chi connectivity index (χ1) is 30.1. The lowest BCUT2D eigenvalue weighted by Crippen LogP contribution is -2.40. The highest BCUT2D eigenvalue weighted by Crippen LogP contribution is 2.44. The molecule has 2 aromatic carbocycles. The van der Waals surface area contributed by atoms with Crippen LogP contribution in [0.15, 0.2) is 48.5 Å². The summed E-state index contributed by atoms with van der Waals surface area (Å²) in [5.74, 6) is -0.515. The molecule has 0 aliphatic heterocycles. The molecule has 0 radical (unpaired) electrons. The number of carbonyl (C=O) groups excluding carboxylic acids is 6. The summed E-state index contributed by atoms with van der Waals surface area (Å²) >= 11 is 0. The lowest BCUT2D eigenvalue weighted by Gasteiger charge is -2.29. The lowest BCUT2D eigenvalue weighted by molar-refractivity contribution is -0.126. The molecule has 0 saturated carbocycles. The van der Waals surface area contributed by atoms with Gasteiger partial charge in [-0.2, -0.15) is 0 Å². The van der Waals surface area contributed by atoms with E-state index in [-0.39, 0.29) is 37.2 Å². The topological polar surface area (TPSA) is 194 Å². The lowest BCUT2D eigenvalue weighted by atomic mass is 9.98. The minimum Gasteiger partial charge on any atom is -0.449 e. The van der Waals surface area contributed by atoms with E-state index in [2.05, 4.69) is 45.5 Å². The van der Waals surface area contributed by atoms with Crippen LogP contribution in [0.4, 0.5) is 19.2 Å². The van der Waals surface area contributed by atoms with E-state index in [0.29, 0.717) is 90.9 Å². The Labute approximate surface area is 380 Å². The molecule has 0 unspecified atom stereocenters. The van der Waals surface area contributed by atoms with Crippen molar-refractivity contribution in [3.05, 3.63) is 59.7 Å². The first kappa shape index (κ1) is 52.8. The van der Waals surface area contributed by atoms with E-state index in [1.54, 1.807) is 72.1 Å². The van der Waals surface area contributed by atoms with Gasteiger partial charge in [0.05, 0.1) is 0 Å². The number of carbonyl (C=O) groups is 6. The Morgan fingerprint density at radius 3 is 1.31 bits per heavy atom. The van der Waals surface area contributed by atoms with Gasteiger partial charge in [-0.05, 0) is 123 Å². The highest BCUT2D eigenvalue weighted by Gasteiger charge is 2.29. The van der Waals surface area contributed by atoms with Crippen molar-refractivity contribution in [3.63, 3.8) is 0 Å². The van der Waals surface area contributed by atoms with Crippen molar-refractivity contribution in [3.8, 4) is 11.1 Å². The SMILES string of the molecule is CC(C)(C)OC(=O)NCCCN(CCCCN(CCCNC(=O)CCC(=O)NCCCCNC(=O)OCC1c2ccccc2-c2ccccc21)C(=O)OC(C)(C)C)C(=O)OC(C)(C)C. The molecule has 16 heteroatoms. The minimum atomic E-state index is -0.701. The van der Waals surface area contributed by atoms with Gasteiger partial charge in [-0.25, -0.2) is 19.2 Å². The van der Waals surface area contributed by atoms with Crippen molar-refractivity contribution >= 4 is 36.2 Å². The normalized spacial score (nSPS) is 12.3. The number of alkyl carbamates (subject to hydrolysis) is 2. The Balaban J connectivity index is 1.30. The number of nitrogens with zero attached hydrogens (tertiary/aromatic N) is 2. The van der Waals surface area contributed by atoms with Gasteiger partial charge in [0.1, 0.15) is 23.4 Å². The number of unbranched alkanes of at least 4 members (excludes halogenated alkanes) is 2. The van der Waals surface area contributed by atoms with Crippen LogP contribution in [0.1, 0.15) is 131 Å². The first-order valence-corrected chi connectivity index (χ1v) is 22.7. The molecule has 1 aliphatic rings. The molecular formula is C48H74N6O10. The van der Waals surface area contributed by atoms with Crippen molar-refractivity contribution in [2.24, 2.45) is 0 Å². The van der Waals surface area contributed by atoms with Crippen LogP contribution in [0.3, 0.4) is 0 Å². The summed E-state index contributed by atoms with van der Waals surface area (Å²) in [6.07, 6.45) is 1.53. The molecule has 6 amide bonds. The number of hydrogen-bond donors (Lipinski definition) is 4. The van der Waals surface area contributed by atoms with E-state index < -0.39 is 41.2 Å². The third-order valence-electron chi connectivity index (χ3n) is 9.73. The smallest absolute Gasteiger partial charge is 0.410 e. The number of rotatable bonds is 23. The molecule has 0 atom stereocenters. The maximum Gasteiger partial charge on any atom is 0.410 e. The molecule has 0 saturated heterocycles. The molecule has 16 nitrogen and oxygen atoms in total. The summed E-state index contributed by atoms with van der Waals surface area (Å²) in [7, 11) is 0. The number of ether oxygens (including phenoxy) is 4. The van der Waals surface area contributed by atoms with Gasteiger partial charge in [0.15, 0.2) is 0 Å². The van der Waals surface area contributed by atoms with Gasteiger partial charge < -0.3 is 50.0 Å². The number of benzene rings is 2. The third kappa shape index (κ3) is 20.8. The summed E-state index contributed by atoms with van der Waals surface area (Å²) in [5, 5.41) is 11.1. The van der Waals surface area contributed by atoms with Crippen LogP contribution in [-0.2, 0) is 28.5 Å². The Hall–Kier alpha value is -5.54. The van der Waals surface area contributed by atoms with Crippen LogP contribution in [-0.4, -0.2) is 122 Å². The van der Waals surface area contributed by atoms with Crippen LogP contribution >= 0.6 is 0 Å². The Kier molecular flexibility index (Phi) is 21.2. The number of nitrogens with one attached hydrogen (secondary N) is 4. The molecule has 4 N–H and O–H groups in total. The third-order valence-corrected chi connectivity index (χ3v) is 9.73. The van der Waals surface area contributed by atoms with Gasteiger partial charge in [0, 0.05) is 71.1 Å². The summed E-state index contributed by atoms with van der Waals surface area (Å²) in [5.41, 5.74) is 2.64. The second-order valence-corrected chi connectivity index (χ2v) is 18.9. The van der Waals surface area contributed by atoms with Crippen LogP contribution < -0.4 is 21.3 Å². The van der Waals surface area contributed by atoms with Crippen molar-refractivity contribution in [2.75, 3.05) is 59.0 Å². The quantitative estimate of drug-likeness (QED) is 0.0630. The van der Waals surface area contributed by atoms with Gasteiger partial charge >= 0.3 is 24.4 Å². The van der Waals surface area contributed by atoms with E-state index in [0.717, 1.165) is 11.1 Å². The Bertz CT molecular complexity index is 1790. The highest BCUT2D eigenvalue weighted by atomic mass is 16.6. The molecule has 0 aromatic heterocycles. The average molecular weight is 895 g/mol.